The highest BCUT2D eigenvalue weighted by Crippen LogP contribution is 2.42. The van der Waals surface area contributed by atoms with Gasteiger partial charge in [-0.3, -0.25) is 0 Å². The summed E-state index contributed by atoms with van der Waals surface area (Å²) in [5.41, 5.74) is 17.2. The van der Waals surface area contributed by atoms with E-state index in [1.165, 1.54) is 32.9 Å². The first kappa shape index (κ1) is 33.1. The van der Waals surface area contributed by atoms with Crippen LogP contribution >= 0.6 is 0 Å². The van der Waals surface area contributed by atoms with Crippen LogP contribution in [0.25, 0.3) is 100 Å². The van der Waals surface area contributed by atoms with Gasteiger partial charge in [0.25, 0.3) is 0 Å². The van der Waals surface area contributed by atoms with Crippen LogP contribution in [0.2, 0.25) is 0 Å². The molecule has 0 bridgehead atoms. The van der Waals surface area contributed by atoms with Crippen molar-refractivity contribution in [2.24, 2.45) is 0 Å². The molecule has 10 heteroatoms. The highest BCUT2D eigenvalue weighted by molar-refractivity contribution is 6.68. The van der Waals surface area contributed by atoms with E-state index in [-0.39, 0.29) is 0 Å². The topological polar surface area (TPSA) is 65.0 Å². The highest BCUT2D eigenvalue weighted by Gasteiger charge is 2.20. The third-order valence-corrected chi connectivity index (χ3v) is 11.5. The third-order valence-electron chi connectivity index (χ3n) is 11.5. The Balaban J connectivity index is 1.16. The fraction of sp³-hybridized carbons (Fsp3) is 0. The first-order valence-electron chi connectivity index (χ1n) is 18.7. The van der Waals surface area contributed by atoms with E-state index in [0.29, 0.717) is 17.5 Å². The molecule has 0 spiro atoms. The second kappa shape index (κ2) is 12.8. The van der Waals surface area contributed by atoms with Gasteiger partial charge in [0.1, 0.15) is 61.6 Å². The van der Waals surface area contributed by atoms with Gasteiger partial charge in [0, 0.05) is 43.8 Å². The molecule has 3 aromatic heterocycles. The summed E-state index contributed by atoms with van der Waals surface area (Å²) in [5, 5.41) is 4.20. The molecular weight excluding hydrogens is 669 g/mol. The molecule has 10 rings (SSSR count). The molecule has 0 N–H and O–H groups in total. The van der Waals surface area contributed by atoms with E-state index in [4.69, 9.17) is 23.8 Å². The Bertz CT molecular complexity index is 3150. The van der Waals surface area contributed by atoms with Gasteiger partial charge in [0.2, 0.25) is 0 Å². The minimum atomic E-state index is 0.594. The molecule has 0 amide bonds. The molecular formula is C45H32B5N3O2. The van der Waals surface area contributed by atoms with E-state index in [1.807, 2.05) is 66.7 Å². The van der Waals surface area contributed by atoms with Gasteiger partial charge in [-0.15, -0.1) is 16.4 Å². The average molecular weight is 701 g/mol. The molecule has 0 saturated heterocycles. The van der Waals surface area contributed by atoms with Gasteiger partial charge in [-0.2, -0.15) is 0 Å². The van der Waals surface area contributed by atoms with Crippen molar-refractivity contribution in [1.29, 1.82) is 0 Å². The van der Waals surface area contributed by atoms with Crippen molar-refractivity contribution in [3.63, 3.8) is 0 Å². The minimum absolute atomic E-state index is 0.594. The van der Waals surface area contributed by atoms with Crippen molar-refractivity contribution in [2.45, 2.75) is 0 Å². The Morgan fingerprint density at radius 3 is 1.69 bits per heavy atom. The van der Waals surface area contributed by atoms with E-state index in [0.717, 1.165) is 77.3 Å². The van der Waals surface area contributed by atoms with Crippen molar-refractivity contribution in [3.8, 4) is 56.4 Å². The number of fused-ring (bicyclic) bond motifs is 6. The molecule has 0 aliphatic heterocycles. The first-order chi connectivity index (χ1) is 26.8. The van der Waals surface area contributed by atoms with Crippen LogP contribution in [0.5, 0.6) is 0 Å². The smallest absolute Gasteiger partial charge is 0.164 e. The Morgan fingerprint density at radius 2 is 0.909 bits per heavy atom. The fourth-order valence-electron chi connectivity index (χ4n) is 8.25. The normalized spacial score (nSPS) is 11.6. The standard InChI is InChI=1S/C45H32B5N3O2/c46-37-35(38(47)40(49)41(50)39(37)48)24-11-6-12-25(21-24)44-51-43(23-9-2-1-3-10-23)52-45(53-44)26-19-20-33-31(22-26)36-28(14-8-18-34(36)54-33)30-16-7-15-29-27-13-4-5-17-32(27)55-42(29)30/h1-22H,46-50H2. The van der Waals surface area contributed by atoms with Gasteiger partial charge in [-0.25, -0.2) is 15.0 Å². The van der Waals surface area contributed by atoms with E-state index in [9.17, 15) is 0 Å². The van der Waals surface area contributed by atoms with Crippen LogP contribution in [0, 0.1) is 0 Å². The van der Waals surface area contributed by atoms with Crippen molar-refractivity contribution in [2.75, 3.05) is 0 Å². The van der Waals surface area contributed by atoms with Crippen molar-refractivity contribution >= 4 is 110 Å². The molecule has 55 heavy (non-hydrogen) atoms. The lowest BCUT2D eigenvalue weighted by atomic mass is 9.59. The SMILES string of the molecule is Bc1c(B)c(B)c(-c2cccc(-c3nc(-c4ccccc4)nc(-c4ccc5oc6cccc(-c7cccc8c7oc7ccccc78)c6c5c4)n3)c2)c(B)c1B. The lowest BCUT2D eigenvalue weighted by Crippen LogP contribution is -2.55. The number of hydrogen-bond donors (Lipinski definition) is 0. The van der Waals surface area contributed by atoms with Crippen molar-refractivity contribution < 1.29 is 8.83 Å². The van der Waals surface area contributed by atoms with Crippen LogP contribution in [0.4, 0.5) is 0 Å². The summed E-state index contributed by atoms with van der Waals surface area (Å²) >= 11 is 0. The van der Waals surface area contributed by atoms with Crippen LogP contribution in [-0.4, -0.2) is 54.2 Å². The molecule has 0 aliphatic rings. The molecule has 0 fully saturated rings. The van der Waals surface area contributed by atoms with Gasteiger partial charge in [-0.1, -0.05) is 108 Å². The highest BCUT2D eigenvalue weighted by atomic mass is 16.3. The van der Waals surface area contributed by atoms with E-state index >= 15 is 0 Å². The van der Waals surface area contributed by atoms with Crippen LogP contribution < -0.4 is 27.3 Å². The van der Waals surface area contributed by atoms with E-state index in [1.54, 1.807) is 0 Å². The number of hydrogen-bond acceptors (Lipinski definition) is 5. The molecule has 254 valence electrons. The number of aromatic nitrogens is 3. The molecule has 7 aromatic carbocycles. The summed E-state index contributed by atoms with van der Waals surface area (Å²) in [6.45, 7) is 0. The summed E-state index contributed by atoms with van der Waals surface area (Å²) in [7, 11) is 11.1. The van der Waals surface area contributed by atoms with Gasteiger partial charge >= 0.3 is 0 Å². The van der Waals surface area contributed by atoms with E-state index < -0.39 is 0 Å². The molecule has 5 nitrogen and oxygen atoms in total. The number of rotatable bonds is 5. The Kier molecular flexibility index (Phi) is 7.70. The molecule has 0 saturated carbocycles. The Labute approximate surface area is 322 Å². The van der Waals surface area contributed by atoms with Gasteiger partial charge < -0.3 is 8.83 Å². The number of benzene rings is 7. The van der Waals surface area contributed by atoms with Crippen LogP contribution in [0.1, 0.15) is 0 Å². The predicted octanol–water partition coefficient (Wildman–Crippen LogP) is 3.30. The zero-order valence-corrected chi connectivity index (χ0v) is 31.4. The third kappa shape index (κ3) is 5.35. The zero-order chi connectivity index (χ0) is 37.4. The summed E-state index contributed by atoms with van der Waals surface area (Å²) in [6, 6.07) is 45.7. The maximum atomic E-state index is 6.49. The van der Waals surface area contributed by atoms with Crippen LogP contribution in [0.15, 0.2) is 142 Å². The largest absolute Gasteiger partial charge is 0.456 e. The van der Waals surface area contributed by atoms with Crippen molar-refractivity contribution in [3.05, 3.63) is 133 Å². The molecule has 0 radical (unpaired) electrons. The maximum Gasteiger partial charge on any atom is 0.164 e. The maximum absolute atomic E-state index is 6.49. The van der Waals surface area contributed by atoms with Gasteiger partial charge in [-0.05, 0) is 53.1 Å². The summed E-state index contributed by atoms with van der Waals surface area (Å²) in [4.78, 5) is 15.3. The lowest BCUT2D eigenvalue weighted by molar-refractivity contribution is 0.668. The number of nitrogens with zero attached hydrogens (tertiary/aromatic N) is 3. The lowest BCUT2D eigenvalue weighted by Gasteiger charge is -2.20. The molecule has 3 heterocycles. The molecule has 0 unspecified atom stereocenters. The Hall–Kier alpha value is -6.53. The average Bonchev–Trinajstić information content (AvgIpc) is 3.81. The summed E-state index contributed by atoms with van der Waals surface area (Å²) in [5.74, 6) is 1.84. The minimum Gasteiger partial charge on any atom is -0.456 e. The molecule has 10 aromatic rings. The predicted molar refractivity (Wildman–Crippen MR) is 242 cm³/mol. The van der Waals surface area contributed by atoms with E-state index in [2.05, 4.69) is 106 Å². The van der Waals surface area contributed by atoms with Gasteiger partial charge in [0.15, 0.2) is 17.5 Å². The quantitative estimate of drug-likeness (QED) is 0.258. The van der Waals surface area contributed by atoms with Crippen molar-refractivity contribution in [1.82, 2.24) is 15.0 Å². The Morgan fingerprint density at radius 1 is 0.364 bits per heavy atom. The molecule has 0 aliphatic carbocycles. The number of furan rings is 2. The van der Waals surface area contributed by atoms with Crippen LogP contribution in [0.3, 0.4) is 0 Å². The molecule has 0 atom stereocenters. The zero-order valence-electron chi connectivity index (χ0n) is 31.4. The number of para-hydroxylation sites is 2. The van der Waals surface area contributed by atoms with Gasteiger partial charge in [0.05, 0.1) is 0 Å². The van der Waals surface area contributed by atoms with Crippen LogP contribution in [-0.2, 0) is 0 Å². The summed E-state index contributed by atoms with van der Waals surface area (Å²) in [6.07, 6.45) is 0. The summed E-state index contributed by atoms with van der Waals surface area (Å²) < 4.78 is 13.0. The monoisotopic (exact) mass is 701 g/mol. The fourth-order valence-corrected chi connectivity index (χ4v) is 8.25. The first-order valence-corrected chi connectivity index (χ1v) is 18.7. The second-order valence-corrected chi connectivity index (χ2v) is 14.5. The second-order valence-electron chi connectivity index (χ2n) is 14.5.